The SMILES string of the molecule is COC1CN(c2nc(C)nc(CNC(=O)[C@H](CC3CCCC3)CN(O)C=O)c2F)C1. The smallest absolute Gasteiger partial charge is 0.233 e. The maximum absolute atomic E-state index is 14.9. The number of aryl methyl sites for hydroxylation is 1. The first-order valence-corrected chi connectivity index (χ1v) is 10.4. The fourth-order valence-electron chi connectivity index (χ4n) is 4.18. The minimum absolute atomic E-state index is 0.0541. The van der Waals surface area contributed by atoms with Crippen LogP contribution in [0.5, 0.6) is 0 Å². The molecule has 9 nitrogen and oxygen atoms in total. The van der Waals surface area contributed by atoms with Crippen molar-refractivity contribution >= 4 is 18.1 Å². The number of methoxy groups -OCH3 is 1. The van der Waals surface area contributed by atoms with E-state index in [1.54, 1.807) is 18.9 Å². The van der Waals surface area contributed by atoms with E-state index in [0.29, 0.717) is 36.3 Å². The van der Waals surface area contributed by atoms with Gasteiger partial charge in [0.1, 0.15) is 11.5 Å². The fourth-order valence-corrected chi connectivity index (χ4v) is 4.18. The Kier molecular flexibility index (Phi) is 7.54. The minimum Gasteiger partial charge on any atom is -0.378 e. The van der Waals surface area contributed by atoms with E-state index in [4.69, 9.17) is 4.74 Å². The van der Waals surface area contributed by atoms with Gasteiger partial charge in [-0.2, -0.15) is 0 Å². The van der Waals surface area contributed by atoms with Gasteiger partial charge in [-0.3, -0.25) is 14.8 Å². The van der Waals surface area contributed by atoms with Gasteiger partial charge in [-0.15, -0.1) is 0 Å². The summed E-state index contributed by atoms with van der Waals surface area (Å²) in [5.41, 5.74) is 0.113. The Morgan fingerprint density at radius 1 is 1.40 bits per heavy atom. The highest BCUT2D eigenvalue weighted by Crippen LogP contribution is 2.31. The summed E-state index contributed by atoms with van der Waals surface area (Å²) in [5.74, 6) is -0.424. The molecule has 0 bridgehead atoms. The number of ether oxygens (including phenoxy) is 1. The van der Waals surface area contributed by atoms with Gasteiger partial charge < -0.3 is 15.0 Å². The first kappa shape index (κ1) is 22.4. The maximum atomic E-state index is 14.9. The highest BCUT2D eigenvalue weighted by atomic mass is 19.1. The summed E-state index contributed by atoms with van der Waals surface area (Å²) in [7, 11) is 1.62. The predicted molar refractivity (Wildman–Crippen MR) is 106 cm³/mol. The van der Waals surface area contributed by atoms with Crippen LogP contribution in [0.25, 0.3) is 0 Å². The number of carbonyl (C=O) groups excluding carboxylic acids is 2. The molecule has 3 rings (SSSR count). The second-order valence-corrected chi connectivity index (χ2v) is 8.15. The number of aromatic nitrogens is 2. The first-order valence-electron chi connectivity index (χ1n) is 10.4. The molecule has 2 amide bonds. The van der Waals surface area contributed by atoms with Gasteiger partial charge >= 0.3 is 0 Å². The van der Waals surface area contributed by atoms with Crippen LogP contribution in [0, 0.1) is 24.6 Å². The Labute approximate surface area is 175 Å². The molecular weight excluding hydrogens is 393 g/mol. The monoisotopic (exact) mass is 423 g/mol. The molecule has 166 valence electrons. The standard InChI is InChI=1S/C20H30FN5O4/c1-13-23-17(18(21)19(24-13)25-10-16(11-25)30-2)8-22-20(28)15(9-26(29)12-27)7-14-5-3-4-6-14/h12,14-16,29H,3-11H2,1-2H3,(H,22,28)/t15-/m1/s1. The molecule has 2 aliphatic rings. The minimum atomic E-state index is -0.563. The lowest BCUT2D eigenvalue weighted by molar-refractivity contribution is -0.155. The number of hydrogen-bond acceptors (Lipinski definition) is 7. The number of hydrogen-bond donors (Lipinski definition) is 2. The zero-order valence-corrected chi connectivity index (χ0v) is 17.5. The molecule has 0 spiro atoms. The third kappa shape index (κ3) is 5.42. The van der Waals surface area contributed by atoms with Crippen LogP contribution in [-0.2, 0) is 20.9 Å². The fraction of sp³-hybridized carbons (Fsp3) is 0.700. The number of carbonyl (C=O) groups is 2. The molecule has 1 atom stereocenters. The zero-order chi connectivity index (χ0) is 21.7. The van der Waals surface area contributed by atoms with Crippen molar-refractivity contribution in [3.05, 3.63) is 17.3 Å². The highest BCUT2D eigenvalue weighted by Gasteiger charge is 2.31. The van der Waals surface area contributed by atoms with Crippen molar-refractivity contribution < 1.29 is 23.9 Å². The average molecular weight is 423 g/mol. The largest absolute Gasteiger partial charge is 0.378 e. The summed E-state index contributed by atoms with van der Waals surface area (Å²) < 4.78 is 20.2. The van der Waals surface area contributed by atoms with Crippen LogP contribution in [0.15, 0.2) is 0 Å². The Hall–Kier alpha value is -2.33. The molecule has 2 N–H and O–H groups in total. The first-order chi connectivity index (χ1) is 14.4. The summed E-state index contributed by atoms with van der Waals surface area (Å²) >= 11 is 0. The number of amides is 2. The van der Waals surface area contributed by atoms with Crippen LogP contribution < -0.4 is 10.2 Å². The van der Waals surface area contributed by atoms with Gasteiger partial charge in [-0.05, 0) is 19.3 Å². The van der Waals surface area contributed by atoms with Gasteiger partial charge in [-0.1, -0.05) is 25.7 Å². The number of rotatable bonds is 10. The van der Waals surface area contributed by atoms with Gasteiger partial charge in [0.25, 0.3) is 0 Å². The van der Waals surface area contributed by atoms with Crippen molar-refractivity contribution in [1.29, 1.82) is 0 Å². The molecular formula is C20H30FN5O4. The Morgan fingerprint density at radius 2 is 2.10 bits per heavy atom. The predicted octanol–water partition coefficient (Wildman–Crippen LogP) is 1.42. The van der Waals surface area contributed by atoms with Crippen molar-refractivity contribution in [2.45, 2.75) is 51.7 Å². The van der Waals surface area contributed by atoms with Gasteiger partial charge in [0, 0.05) is 20.2 Å². The number of anilines is 1. The van der Waals surface area contributed by atoms with Crippen molar-refractivity contribution in [2.75, 3.05) is 31.6 Å². The number of nitrogens with one attached hydrogen (secondary N) is 1. The van der Waals surface area contributed by atoms with Gasteiger partial charge in [-0.25, -0.2) is 19.4 Å². The molecule has 1 aromatic heterocycles. The summed E-state index contributed by atoms with van der Waals surface area (Å²) in [5, 5.41) is 12.8. The van der Waals surface area contributed by atoms with E-state index >= 15 is 0 Å². The summed E-state index contributed by atoms with van der Waals surface area (Å²) in [4.78, 5) is 33.7. The van der Waals surface area contributed by atoms with E-state index in [1.807, 2.05) is 0 Å². The average Bonchev–Trinajstić information content (AvgIpc) is 3.20. The Balaban J connectivity index is 1.65. The lowest BCUT2D eigenvalue weighted by Gasteiger charge is -2.39. The normalized spacial score (nSPS) is 18.2. The van der Waals surface area contributed by atoms with Crippen molar-refractivity contribution in [3.63, 3.8) is 0 Å². The molecule has 1 aliphatic heterocycles. The van der Waals surface area contributed by atoms with Crippen LogP contribution >= 0.6 is 0 Å². The second kappa shape index (κ2) is 10.1. The van der Waals surface area contributed by atoms with Crippen molar-refractivity contribution in [1.82, 2.24) is 20.3 Å². The molecule has 30 heavy (non-hydrogen) atoms. The zero-order valence-electron chi connectivity index (χ0n) is 17.5. The van der Waals surface area contributed by atoms with Crippen molar-refractivity contribution in [3.8, 4) is 0 Å². The van der Waals surface area contributed by atoms with Crippen LogP contribution in [0.3, 0.4) is 0 Å². The van der Waals surface area contributed by atoms with Gasteiger partial charge in [0.05, 0.1) is 25.1 Å². The molecule has 1 saturated heterocycles. The van der Waals surface area contributed by atoms with E-state index in [9.17, 15) is 19.2 Å². The van der Waals surface area contributed by atoms with E-state index in [-0.39, 0.29) is 43.0 Å². The van der Waals surface area contributed by atoms with E-state index in [2.05, 4.69) is 15.3 Å². The Bertz CT molecular complexity index is 753. The summed E-state index contributed by atoms with van der Waals surface area (Å²) in [6.45, 7) is 2.61. The molecule has 0 unspecified atom stereocenters. The lowest BCUT2D eigenvalue weighted by Crippen LogP contribution is -2.52. The van der Waals surface area contributed by atoms with E-state index in [1.165, 1.54) is 0 Å². The van der Waals surface area contributed by atoms with Crippen LogP contribution in [0.4, 0.5) is 10.2 Å². The highest BCUT2D eigenvalue weighted by molar-refractivity contribution is 5.79. The van der Waals surface area contributed by atoms with E-state index in [0.717, 1.165) is 25.7 Å². The quantitative estimate of drug-likeness (QED) is 0.333. The summed E-state index contributed by atoms with van der Waals surface area (Å²) in [6.07, 6.45) is 5.26. The molecule has 1 aromatic rings. The number of halogens is 1. The number of hydroxylamine groups is 2. The summed E-state index contributed by atoms with van der Waals surface area (Å²) in [6, 6.07) is 0. The van der Waals surface area contributed by atoms with Crippen LogP contribution in [0.2, 0.25) is 0 Å². The van der Waals surface area contributed by atoms with E-state index < -0.39 is 11.7 Å². The Morgan fingerprint density at radius 3 is 2.73 bits per heavy atom. The molecule has 2 heterocycles. The van der Waals surface area contributed by atoms with Gasteiger partial charge in [0.2, 0.25) is 12.3 Å². The molecule has 10 heteroatoms. The third-order valence-electron chi connectivity index (χ3n) is 5.92. The third-order valence-corrected chi connectivity index (χ3v) is 5.92. The topological polar surface area (TPSA) is 108 Å². The molecule has 1 saturated carbocycles. The molecule has 0 aromatic carbocycles. The molecule has 2 fully saturated rings. The second-order valence-electron chi connectivity index (χ2n) is 8.15. The van der Waals surface area contributed by atoms with Crippen LogP contribution in [-0.4, -0.2) is 65.4 Å². The van der Waals surface area contributed by atoms with Crippen molar-refractivity contribution in [2.24, 2.45) is 11.8 Å². The molecule has 0 radical (unpaired) electrons. The lowest BCUT2D eigenvalue weighted by atomic mass is 9.92. The van der Waals surface area contributed by atoms with Gasteiger partial charge in [0.15, 0.2) is 11.6 Å². The molecule has 1 aliphatic carbocycles. The maximum Gasteiger partial charge on any atom is 0.233 e. The van der Waals surface area contributed by atoms with Crippen LogP contribution in [0.1, 0.15) is 43.6 Å². The number of nitrogens with zero attached hydrogens (tertiary/aromatic N) is 4.